The Kier molecular flexibility index (Phi) is 3.14. The highest BCUT2D eigenvalue weighted by Crippen LogP contribution is 2.18. The molecule has 0 unspecified atom stereocenters. The van der Waals surface area contributed by atoms with Gasteiger partial charge in [0.1, 0.15) is 0 Å². The molecule has 0 heterocycles. The molecule has 0 bridgehead atoms. The van der Waals surface area contributed by atoms with Crippen LogP contribution in [0.1, 0.15) is 0 Å². The lowest BCUT2D eigenvalue weighted by molar-refractivity contribution is -0.117. The molecule has 4 heteroatoms. The monoisotopic (exact) mass is 198 g/mol. The Morgan fingerprint density at radius 1 is 1.38 bits per heavy atom. The summed E-state index contributed by atoms with van der Waals surface area (Å²) in [6, 6.07) is 7.31. The Morgan fingerprint density at radius 3 is 2.62 bits per heavy atom. The maximum Gasteiger partial charge on any atom is 0.228 e. The number of rotatable bonds is 3. The van der Waals surface area contributed by atoms with Gasteiger partial charge in [0.15, 0.2) is 0 Å². The first-order valence-corrected chi connectivity index (χ1v) is 4.20. The molecule has 70 valence electrons. The highest BCUT2D eigenvalue weighted by Gasteiger charge is 2.04. The van der Waals surface area contributed by atoms with E-state index in [-0.39, 0.29) is 0 Å². The van der Waals surface area contributed by atoms with Gasteiger partial charge in [-0.05, 0) is 18.2 Å². The third kappa shape index (κ3) is 2.36. The normalized spacial score (nSPS) is 9.46. The highest BCUT2D eigenvalue weighted by molar-refractivity contribution is 6.30. The number of carbonyl (C=O) groups excluding carboxylic acids is 1. The van der Waals surface area contributed by atoms with Crippen LogP contribution in [-0.4, -0.2) is 25.5 Å². The van der Waals surface area contributed by atoms with Crippen LogP contribution in [0, 0.1) is 0 Å². The third-order valence-electron chi connectivity index (χ3n) is 1.81. The zero-order chi connectivity index (χ0) is 9.84. The summed E-state index contributed by atoms with van der Waals surface area (Å²) in [5.41, 5.74) is 0.877. The summed E-state index contributed by atoms with van der Waals surface area (Å²) >= 11 is 5.80. The molecule has 0 aliphatic heterocycles. The van der Waals surface area contributed by atoms with Crippen LogP contribution in [0.25, 0.3) is 0 Å². The molecule has 0 saturated heterocycles. The Morgan fingerprint density at radius 2 is 2.08 bits per heavy atom. The quantitative estimate of drug-likeness (QED) is 0.546. The third-order valence-corrected chi connectivity index (χ3v) is 2.04. The zero-order valence-electron chi connectivity index (χ0n) is 7.57. The van der Waals surface area contributed by atoms with Crippen LogP contribution in [0.5, 0.6) is 0 Å². The summed E-state index contributed by atoms with van der Waals surface area (Å²) in [6.45, 7) is 0. The molecule has 0 saturated carbocycles. The molecular weight excluding hydrogens is 188 g/mol. The molecule has 0 N–H and O–H groups in total. The highest BCUT2D eigenvalue weighted by atomic mass is 35.5. The molecule has 0 fully saturated rings. The van der Waals surface area contributed by atoms with Crippen molar-refractivity contribution in [3.63, 3.8) is 0 Å². The van der Waals surface area contributed by atoms with Crippen molar-refractivity contribution >= 4 is 23.7 Å². The fourth-order valence-electron chi connectivity index (χ4n) is 0.930. The van der Waals surface area contributed by atoms with Crippen molar-refractivity contribution < 1.29 is 4.79 Å². The summed E-state index contributed by atoms with van der Waals surface area (Å²) in [4.78, 5) is 10.5. The average Bonchev–Trinajstić information content (AvgIpc) is 2.15. The van der Waals surface area contributed by atoms with Gasteiger partial charge in [-0.2, -0.15) is 0 Å². The van der Waals surface area contributed by atoms with Crippen molar-refractivity contribution in [1.29, 1.82) is 0 Å². The second-order valence-corrected chi connectivity index (χ2v) is 3.12. The van der Waals surface area contributed by atoms with Gasteiger partial charge in [0, 0.05) is 19.1 Å². The molecule has 0 radical (unpaired) electrons. The smallest absolute Gasteiger partial charge is 0.228 e. The zero-order valence-corrected chi connectivity index (χ0v) is 8.32. The van der Waals surface area contributed by atoms with Gasteiger partial charge < -0.3 is 0 Å². The molecule has 3 nitrogen and oxygen atoms in total. The molecule has 0 aliphatic carbocycles. The standard InChI is InChI=1S/C9H11ClN2O/c1-11(7-13)12(2)9-5-3-4-8(10)6-9/h3-7H,1-2H3. The first kappa shape index (κ1) is 9.86. The molecule has 0 spiro atoms. The first-order valence-electron chi connectivity index (χ1n) is 3.82. The Hall–Kier alpha value is -1.22. The number of anilines is 1. The van der Waals surface area contributed by atoms with Crippen LogP contribution in [-0.2, 0) is 4.79 Å². The van der Waals surface area contributed by atoms with Crippen molar-refractivity contribution in [2.75, 3.05) is 19.1 Å². The molecule has 13 heavy (non-hydrogen) atoms. The number of halogens is 1. The second-order valence-electron chi connectivity index (χ2n) is 2.68. The van der Waals surface area contributed by atoms with Gasteiger partial charge in [0.2, 0.25) is 6.41 Å². The van der Waals surface area contributed by atoms with Crippen LogP contribution in [0.15, 0.2) is 24.3 Å². The van der Waals surface area contributed by atoms with E-state index in [0.717, 1.165) is 12.1 Å². The predicted octanol–water partition coefficient (Wildman–Crippen LogP) is 1.78. The van der Waals surface area contributed by atoms with E-state index in [2.05, 4.69) is 0 Å². The maximum atomic E-state index is 10.5. The van der Waals surface area contributed by atoms with Gasteiger partial charge in [-0.15, -0.1) is 0 Å². The van der Waals surface area contributed by atoms with Crippen molar-refractivity contribution in [2.45, 2.75) is 0 Å². The molecule has 0 aliphatic rings. The lowest BCUT2D eigenvalue weighted by atomic mass is 10.3. The van der Waals surface area contributed by atoms with Crippen LogP contribution in [0.3, 0.4) is 0 Å². The van der Waals surface area contributed by atoms with E-state index < -0.39 is 0 Å². The SMILES string of the molecule is CN(C=O)N(C)c1cccc(Cl)c1. The average molecular weight is 199 g/mol. The van der Waals surface area contributed by atoms with Crippen LogP contribution >= 0.6 is 11.6 Å². The van der Waals surface area contributed by atoms with Gasteiger partial charge in [-0.1, -0.05) is 17.7 Å². The maximum absolute atomic E-state index is 10.5. The van der Waals surface area contributed by atoms with Crippen LogP contribution in [0.4, 0.5) is 5.69 Å². The number of hydrogen-bond donors (Lipinski definition) is 0. The first-order chi connectivity index (χ1) is 6.15. The van der Waals surface area contributed by atoms with E-state index in [0.29, 0.717) is 5.02 Å². The van der Waals surface area contributed by atoms with Crippen molar-refractivity contribution in [1.82, 2.24) is 5.01 Å². The van der Waals surface area contributed by atoms with Gasteiger partial charge in [0.25, 0.3) is 0 Å². The lowest BCUT2D eigenvalue weighted by Gasteiger charge is -2.26. The number of carbonyl (C=O) groups is 1. The van der Waals surface area contributed by atoms with E-state index in [4.69, 9.17) is 11.6 Å². The summed E-state index contributed by atoms with van der Waals surface area (Å²) in [5.74, 6) is 0. The Labute approximate surface area is 82.5 Å². The lowest BCUT2D eigenvalue weighted by Crippen LogP contribution is -2.35. The minimum atomic E-state index is 0.656. The molecule has 1 aromatic rings. The number of benzene rings is 1. The fraction of sp³-hybridized carbons (Fsp3) is 0.222. The van der Waals surface area contributed by atoms with Gasteiger partial charge in [-0.3, -0.25) is 14.8 Å². The summed E-state index contributed by atoms with van der Waals surface area (Å²) in [5, 5.41) is 3.80. The molecule has 0 aromatic heterocycles. The van der Waals surface area contributed by atoms with Crippen molar-refractivity contribution in [3.8, 4) is 0 Å². The van der Waals surface area contributed by atoms with Crippen LogP contribution < -0.4 is 5.01 Å². The van der Waals surface area contributed by atoms with E-state index in [9.17, 15) is 4.79 Å². The molecule has 0 atom stereocenters. The number of hydrogen-bond acceptors (Lipinski definition) is 2. The number of hydrazine groups is 1. The summed E-state index contributed by atoms with van der Waals surface area (Å²) < 4.78 is 0. The number of amides is 1. The summed E-state index contributed by atoms with van der Waals surface area (Å²) in [6.07, 6.45) is 0.737. The molecule has 1 aromatic carbocycles. The molecule has 1 rings (SSSR count). The minimum Gasteiger partial charge on any atom is -0.287 e. The summed E-state index contributed by atoms with van der Waals surface area (Å²) in [7, 11) is 3.47. The molecular formula is C9H11ClN2O. The van der Waals surface area contributed by atoms with E-state index >= 15 is 0 Å². The predicted molar refractivity (Wildman–Crippen MR) is 53.7 cm³/mol. The largest absolute Gasteiger partial charge is 0.287 e. The Balaban J connectivity index is 2.88. The van der Waals surface area contributed by atoms with Gasteiger partial charge in [-0.25, -0.2) is 0 Å². The van der Waals surface area contributed by atoms with E-state index in [1.54, 1.807) is 31.2 Å². The fourth-order valence-corrected chi connectivity index (χ4v) is 1.11. The van der Waals surface area contributed by atoms with E-state index in [1.165, 1.54) is 5.01 Å². The Bertz CT molecular complexity index is 303. The van der Waals surface area contributed by atoms with Crippen LogP contribution in [0.2, 0.25) is 5.02 Å². The van der Waals surface area contributed by atoms with Gasteiger partial charge >= 0.3 is 0 Å². The minimum absolute atomic E-state index is 0.656. The van der Waals surface area contributed by atoms with Gasteiger partial charge in [0.05, 0.1) is 5.69 Å². The topological polar surface area (TPSA) is 23.6 Å². The van der Waals surface area contributed by atoms with Crippen molar-refractivity contribution in [2.24, 2.45) is 0 Å². The van der Waals surface area contributed by atoms with E-state index in [1.807, 2.05) is 12.1 Å². The number of nitrogens with zero attached hydrogens (tertiary/aromatic N) is 2. The van der Waals surface area contributed by atoms with Crippen molar-refractivity contribution in [3.05, 3.63) is 29.3 Å². The second kappa shape index (κ2) is 4.14. The molecule has 1 amide bonds.